The lowest BCUT2D eigenvalue weighted by Gasteiger charge is -2.20. The predicted molar refractivity (Wildman–Crippen MR) is 56.3 cm³/mol. The summed E-state index contributed by atoms with van der Waals surface area (Å²) in [4.78, 5) is 10.5. The molecule has 1 aliphatic rings. The minimum Gasteiger partial charge on any atom is -0.358 e. The molecule has 2 heterocycles. The maximum atomic E-state index is 4.26. The summed E-state index contributed by atoms with van der Waals surface area (Å²) >= 11 is 0. The second kappa shape index (κ2) is 4.37. The molecule has 1 aromatic rings. The molecule has 2 rings (SSSR count). The minimum absolute atomic E-state index is 0.752. The first kappa shape index (κ1) is 9.40. The van der Waals surface area contributed by atoms with E-state index in [1.165, 1.54) is 6.42 Å². The summed E-state index contributed by atoms with van der Waals surface area (Å²) in [6.45, 7) is 3.34. The van der Waals surface area contributed by atoms with Gasteiger partial charge in [-0.1, -0.05) is 0 Å². The van der Waals surface area contributed by atoms with Gasteiger partial charge in [-0.2, -0.15) is 0 Å². The first-order chi connectivity index (χ1) is 6.86. The zero-order chi connectivity index (χ0) is 9.80. The van der Waals surface area contributed by atoms with Crippen molar-refractivity contribution in [3.05, 3.63) is 18.6 Å². The van der Waals surface area contributed by atoms with Crippen LogP contribution in [-0.2, 0) is 0 Å². The van der Waals surface area contributed by atoms with Gasteiger partial charge in [0, 0.05) is 26.0 Å². The SMILES string of the molecule is CN(CC1CCNC1)c1cnccn1. The molecule has 14 heavy (non-hydrogen) atoms. The lowest BCUT2D eigenvalue weighted by Crippen LogP contribution is -2.27. The quantitative estimate of drug-likeness (QED) is 0.758. The molecule has 76 valence electrons. The van der Waals surface area contributed by atoms with Crippen molar-refractivity contribution in [1.29, 1.82) is 0 Å². The van der Waals surface area contributed by atoms with Crippen molar-refractivity contribution in [2.45, 2.75) is 6.42 Å². The van der Waals surface area contributed by atoms with E-state index in [-0.39, 0.29) is 0 Å². The Bertz CT molecular complexity index is 269. The highest BCUT2D eigenvalue weighted by Gasteiger charge is 2.16. The number of nitrogens with zero attached hydrogens (tertiary/aromatic N) is 3. The molecule has 1 aliphatic heterocycles. The number of aromatic nitrogens is 2. The van der Waals surface area contributed by atoms with Gasteiger partial charge in [-0.05, 0) is 25.4 Å². The van der Waals surface area contributed by atoms with E-state index in [4.69, 9.17) is 0 Å². The Morgan fingerprint density at radius 2 is 2.50 bits per heavy atom. The lowest BCUT2D eigenvalue weighted by molar-refractivity contribution is 0.575. The van der Waals surface area contributed by atoms with Crippen molar-refractivity contribution in [3.63, 3.8) is 0 Å². The monoisotopic (exact) mass is 192 g/mol. The van der Waals surface area contributed by atoms with E-state index in [0.717, 1.165) is 31.4 Å². The second-order valence-corrected chi connectivity index (χ2v) is 3.80. The summed E-state index contributed by atoms with van der Waals surface area (Å²) in [5.74, 6) is 1.71. The fourth-order valence-corrected chi connectivity index (χ4v) is 1.84. The van der Waals surface area contributed by atoms with Crippen LogP contribution in [0.2, 0.25) is 0 Å². The van der Waals surface area contributed by atoms with Crippen molar-refractivity contribution in [2.24, 2.45) is 5.92 Å². The third kappa shape index (κ3) is 2.20. The summed E-state index contributed by atoms with van der Waals surface area (Å²) in [6.07, 6.45) is 6.51. The van der Waals surface area contributed by atoms with E-state index in [2.05, 4.69) is 27.2 Å². The highest BCUT2D eigenvalue weighted by Crippen LogP contribution is 2.12. The molecule has 1 saturated heterocycles. The molecule has 0 aliphatic carbocycles. The smallest absolute Gasteiger partial charge is 0.146 e. The number of hydrogen-bond acceptors (Lipinski definition) is 4. The Hall–Kier alpha value is -1.16. The van der Waals surface area contributed by atoms with Gasteiger partial charge >= 0.3 is 0 Å². The Kier molecular flexibility index (Phi) is 2.93. The van der Waals surface area contributed by atoms with E-state index < -0.39 is 0 Å². The van der Waals surface area contributed by atoms with Gasteiger partial charge in [-0.25, -0.2) is 4.98 Å². The number of hydrogen-bond donors (Lipinski definition) is 1. The van der Waals surface area contributed by atoms with Gasteiger partial charge in [0.1, 0.15) is 5.82 Å². The summed E-state index contributed by atoms with van der Waals surface area (Å²) < 4.78 is 0. The van der Waals surface area contributed by atoms with Crippen LogP contribution in [0.25, 0.3) is 0 Å². The minimum atomic E-state index is 0.752. The van der Waals surface area contributed by atoms with Gasteiger partial charge in [-0.3, -0.25) is 4.98 Å². The normalized spacial score (nSPS) is 21.1. The van der Waals surface area contributed by atoms with Gasteiger partial charge in [-0.15, -0.1) is 0 Å². The van der Waals surface area contributed by atoms with Gasteiger partial charge in [0.05, 0.1) is 6.20 Å². The maximum Gasteiger partial charge on any atom is 0.146 e. The number of rotatable bonds is 3. The molecule has 1 unspecified atom stereocenters. The highest BCUT2D eigenvalue weighted by molar-refractivity contribution is 5.33. The molecule has 1 fully saturated rings. The Morgan fingerprint density at radius 1 is 1.57 bits per heavy atom. The highest BCUT2D eigenvalue weighted by atomic mass is 15.2. The molecule has 0 spiro atoms. The van der Waals surface area contributed by atoms with Crippen LogP contribution in [0.4, 0.5) is 5.82 Å². The zero-order valence-electron chi connectivity index (χ0n) is 8.48. The van der Waals surface area contributed by atoms with Crippen molar-refractivity contribution < 1.29 is 0 Å². The summed E-state index contributed by atoms with van der Waals surface area (Å²) in [7, 11) is 2.07. The summed E-state index contributed by atoms with van der Waals surface area (Å²) in [6, 6.07) is 0. The van der Waals surface area contributed by atoms with Crippen molar-refractivity contribution in [1.82, 2.24) is 15.3 Å². The third-order valence-electron chi connectivity index (χ3n) is 2.64. The third-order valence-corrected chi connectivity index (χ3v) is 2.64. The molecule has 1 N–H and O–H groups in total. The fraction of sp³-hybridized carbons (Fsp3) is 0.600. The molecule has 1 atom stereocenters. The lowest BCUT2D eigenvalue weighted by atomic mass is 10.1. The first-order valence-electron chi connectivity index (χ1n) is 5.04. The molecule has 1 aromatic heterocycles. The van der Waals surface area contributed by atoms with E-state index >= 15 is 0 Å². The van der Waals surface area contributed by atoms with Crippen LogP contribution in [0.1, 0.15) is 6.42 Å². The van der Waals surface area contributed by atoms with E-state index in [0.29, 0.717) is 0 Å². The Balaban J connectivity index is 1.92. The molecule has 4 heteroatoms. The molecule has 0 amide bonds. The average Bonchev–Trinajstić information content (AvgIpc) is 2.72. The molecule has 4 nitrogen and oxygen atoms in total. The van der Waals surface area contributed by atoms with Crippen LogP contribution in [-0.4, -0.2) is 36.6 Å². The van der Waals surface area contributed by atoms with Gasteiger partial charge in [0.25, 0.3) is 0 Å². The van der Waals surface area contributed by atoms with Crippen molar-refractivity contribution >= 4 is 5.82 Å². The zero-order valence-corrected chi connectivity index (χ0v) is 8.48. The van der Waals surface area contributed by atoms with Crippen LogP contribution in [0.3, 0.4) is 0 Å². The van der Waals surface area contributed by atoms with Crippen LogP contribution in [0, 0.1) is 5.92 Å². The van der Waals surface area contributed by atoms with Gasteiger partial charge < -0.3 is 10.2 Å². The van der Waals surface area contributed by atoms with Gasteiger partial charge in [0.2, 0.25) is 0 Å². The fourth-order valence-electron chi connectivity index (χ4n) is 1.84. The van der Waals surface area contributed by atoms with Crippen LogP contribution in [0.5, 0.6) is 0 Å². The Labute approximate surface area is 84.4 Å². The Morgan fingerprint density at radius 3 is 3.14 bits per heavy atom. The second-order valence-electron chi connectivity index (χ2n) is 3.80. The van der Waals surface area contributed by atoms with Crippen molar-refractivity contribution in [3.8, 4) is 0 Å². The van der Waals surface area contributed by atoms with E-state index in [1.807, 2.05) is 6.20 Å². The number of nitrogens with one attached hydrogen (secondary N) is 1. The van der Waals surface area contributed by atoms with Crippen molar-refractivity contribution in [2.75, 3.05) is 31.6 Å². The van der Waals surface area contributed by atoms with Crippen LogP contribution >= 0.6 is 0 Å². The largest absolute Gasteiger partial charge is 0.358 e. The maximum absolute atomic E-state index is 4.26. The van der Waals surface area contributed by atoms with Gasteiger partial charge in [0.15, 0.2) is 0 Å². The van der Waals surface area contributed by atoms with Crippen LogP contribution in [0.15, 0.2) is 18.6 Å². The molecular weight excluding hydrogens is 176 g/mol. The summed E-state index contributed by atoms with van der Waals surface area (Å²) in [5, 5.41) is 3.37. The topological polar surface area (TPSA) is 41.0 Å². The first-order valence-corrected chi connectivity index (χ1v) is 5.04. The predicted octanol–water partition coefficient (Wildman–Crippen LogP) is 0.522. The summed E-state index contributed by atoms with van der Waals surface area (Å²) in [5.41, 5.74) is 0. The number of anilines is 1. The standard InChI is InChI=1S/C10H16N4/c1-14(8-9-2-3-11-6-9)10-7-12-4-5-13-10/h4-5,7,9,11H,2-3,6,8H2,1H3. The molecule has 0 bridgehead atoms. The van der Waals surface area contributed by atoms with Crippen LogP contribution < -0.4 is 10.2 Å². The molecular formula is C10H16N4. The molecule has 0 radical (unpaired) electrons. The van der Waals surface area contributed by atoms with E-state index in [9.17, 15) is 0 Å². The molecule has 0 aromatic carbocycles. The van der Waals surface area contributed by atoms with E-state index in [1.54, 1.807) is 12.4 Å². The average molecular weight is 192 g/mol. The molecule has 0 saturated carbocycles.